The van der Waals surface area contributed by atoms with Gasteiger partial charge < -0.3 is 5.32 Å². The Balaban J connectivity index is 1.96. The lowest BCUT2D eigenvalue weighted by atomic mass is 10.1. The van der Waals surface area contributed by atoms with E-state index < -0.39 is 0 Å². The van der Waals surface area contributed by atoms with Gasteiger partial charge in [0.05, 0.1) is 5.69 Å². The first-order valence-electron chi connectivity index (χ1n) is 6.71. The zero-order valence-corrected chi connectivity index (χ0v) is 11.6. The number of nitrogens with one attached hydrogen (secondary N) is 2. The summed E-state index contributed by atoms with van der Waals surface area (Å²) < 4.78 is 0. The lowest BCUT2D eigenvalue weighted by molar-refractivity contribution is 1.12. The second-order valence-corrected chi connectivity index (χ2v) is 4.84. The molecule has 1 aromatic heterocycles. The minimum absolute atomic E-state index is 0.181. The van der Waals surface area contributed by atoms with Crippen LogP contribution in [-0.2, 0) is 0 Å². The predicted octanol–water partition coefficient (Wildman–Crippen LogP) is 3.49. The Kier molecular flexibility index (Phi) is 3.51. The Morgan fingerprint density at radius 3 is 2.43 bits per heavy atom. The van der Waals surface area contributed by atoms with Crippen LogP contribution in [0.15, 0.2) is 65.5 Å². The Bertz CT molecular complexity index is 792. The molecule has 0 saturated heterocycles. The van der Waals surface area contributed by atoms with E-state index in [-0.39, 0.29) is 5.56 Å². The summed E-state index contributed by atoms with van der Waals surface area (Å²) >= 11 is 0. The highest BCUT2D eigenvalue weighted by atomic mass is 16.1. The first-order valence-corrected chi connectivity index (χ1v) is 6.71. The minimum Gasteiger partial charge on any atom is -0.326 e. The fraction of sp³-hybridized carbons (Fsp3) is 0.0588. The monoisotopic (exact) mass is 277 g/mol. The minimum atomic E-state index is -0.181. The summed E-state index contributed by atoms with van der Waals surface area (Å²) in [5.41, 5.74) is 3.44. The number of aromatic amines is 1. The van der Waals surface area contributed by atoms with Crippen molar-refractivity contribution in [3.05, 3.63) is 76.6 Å². The lowest BCUT2D eigenvalue weighted by Gasteiger charge is -2.07. The molecule has 0 atom stereocenters. The third-order valence-corrected chi connectivity index (χ3v) is 3.13. The van der Waals surface area contributed by atoms with E-state index in [0.717, 1.165) is 11.3 Å². The van der Waals surface area contributed by atoms with Gasteiger partial charge in [0.15, 0.2) is 0 Å². The second-order valence-electron chi connectivity index (χ2n) is 4.84. The number of para-hydroxylation sites is 1. The summed E-state index contributed by atoms with van der Waals surface area (Å²) in [5.74, 6) is 0.435. The van der Waals surface area contributed by atoms with E-state index in [1.54, 1.807) is 0 Å². The zero-order chi connectivity index (χ0) is 14.7. The van der Waals surface area contributed by atoms with Gasteiger partial charge in [-0.1, -0.05) is 48.0 Å². The first kappa shape index (κ1) is 13.1. The molecule has 3 rings (SSSR count). The van der Waals surface area contributed by atoms with E-state index in [0.29, 0.717) is 11.6 Å². The van der Waals surface area contributed by atoms with Crippen LogP contribution in [0.4, 0.5) is 11.6 Å². The maximum Gasteiger partial charge on any atom is 0.252 e. The van der Waals surface area contributed by atoms with Gasteiger partial charge in [-0.25, -0.2) is 4.98 Å². The van der Waals surface area contributed by atoms with Gasteiger partial charge in [0.1, 0.15) is 0 Å². The van der Waals surface area contributed by atoms with Gasteiger partial charge in [0, 0.05) is 17.3 Å². The Morgan fingerprint density at radius 1 is 1.00 bits per heavy atom. The number of anilines is 2. The van der Waals surface area contributed by atoms with Gasteiger partial charge >= 0.3 is 0 Å². The lowest BCUT2D eigenvalue weighted by Crippen LogP contribution is -2.10. The van der Waals surface area contributed by atoms with Crippen molar-refractivity contribution in [1.29, 1.82) is 0 Å². The quantitative estimate of drug-likeness (QED) is 0.770. The molecule has 0 aliphatic heterocycles. The molecule has 0 saturated carbocycles. The van der Waals surface area contributed by atoms with Crippen molar-refractivity contribution in [2.24, 2.45) is 0 Å². The van der Waals surface area contributed by atoms with Crippen LogP contribution < -0.4 is 10.9 Å². The van der Waals surface area contributed by atoms with Crippen molar-refractivity contribution in [2.75, 3.05) is 5.32 Å². The average molecular weight is 277 g/mol. The molecule has 104 valence electrons. The van der Waals surface area contributed by atoms with Crippen LogP contribution in [0.3, 0.4) is 0 Å². The smallest absolute Gasteiger partial charge is 0.252 e. The van der Waals surface area contributed by atoms with Crippen LogP contribution >= 0.6 is 0 Å². The Morgan fingerprint density at radius 2 is 1.71 bits per heavy atom. The number of hydrogen-bond donors (Lipinski definition) is 2. The van der Waals surface area contributed by atoms with Crippen molar-refractivity contribution >= 4 is 11.6 Å². The molecular formula is C17H15N3O. The number of nitrogens with zero attached hydrogens (tertiary/aromatic N) is 1. The van der Waals surface area contributed by atoms with E-state index in [4.69, 9.17) is 0 Å². The molecule has 3 aromatic rings. The standard InChI is InChI=1S/C17H15N3O/c1-12-7-9-13(10-8-12)15-11-16(21)20-17(19-15)18-14-5-3-2-4-6-14/h2-11H,1H3,(H2,18,19,20,21). The first-order chi connectivity index (χ1) is 10.2. The molecular weight excluding hydrogens is 262 g/mol. The van der Waals surface area contributed by atoms with Crippen LogP contribution in [0.5, 0.6) is 0 Å². The van der Waals surface area contributed by atoms with Crippen LogP contribution in [0.25, 0.3) is 11.3 Å². The summed E-state index contributed by atoms with van der Waals surface area (Å²) in [4.78, 5) is 19.0. The van der Waals surface area contributed by atoms with Gasteiger partial charge in [-0.3, -0.25) is 9.78 Å². The van der Waals surface area contributed by atoms with Gasteiger partial charge in [0.2, 0.25) is 5.95 Å². The van der Waals surface area contributed by atoms with Crippen molar-refractivity contribution in [2.45, 2.75) is 6.92 Å². The van der Waals surface area contributed by atoms with E-state index in [1.165, 1.54) is 11.6 Å². The normalized spacial score (nSPS) is 10.3. The SMILES string of the molecule is Cc1ccc(-c2cc(=O)[nH]c(Nc3ccccc3)n2)cc1. The molecule has 0 amide bonds. The van der Waals surface area contributed by atoms with Crippen molar-refractivity contribution in [3.63, 3.8) is 0 Å². The molecule has 0 unspecified atom stereocenters. The van der Waals surface area contributed by atoms with E-state index in [9.17, 15) is 4.79 Å². The number of aryl methyl sites for hydroxylation is 1. The Labute approximate surface area is 122 Å². The van der Waals surface area contributed by atoms with Crippen molar-refractivity contribution in [1.82, 2.24) is 9.97 Å². The molecule has 0 radical (unpaired) electrons. The zero-order valence-electron chi connectivity index (χ0n) is 11.6. The summed E-state index contributed by atoms with van der Waals surface area (Å²) in [6, 6.07) is 19.0. The molecule has 0 fully saturated rings. The fourth-order valence-electron chi connectivity index (χ4n) is 2.05. The average Bonchev–Trinajstić information content (AvgIpc) is 2.48. The molecule has 4 nitrogen and oxygen atoms in total. The third-order valence-electron chi connectivity index (χ3n) is 3.13. The largest absolute Gasteiger partial charge is 0.326 e. The highest BCUT2D eigenvalue weighted by Gasteiger charge is 2.04. The van der Waals surface area contributed by atoms with E-state index in [1.807, 2.05) is 61.5 Å². The maximum atomic E-state index is 11.8. The van der Waals surface area contributed by atoms with Gasteiger partial charge in [-0.05, 0) is 19.1 Å². The Hall–Kier alpha value is -2.88. The topological polar surface area (TPSA) is 57.8 Å². The summed E-state index contributed by atoms with van der Waals surface area (Å²) in [5, 5.41) is 3.10. The number of H-pyrrole nitrogens is 1. The highest BCUT2D eigenvalue weighted by molar-refractivity contribution is 5.62. The molecule has 0 spiro atoms. The molecule has 2 aromatic carbocycles. The van der Waals surface area contributed by atoms with Gasteiger partial charge in [-0.15, -0.1) is 0 Å². The molecule has 1 heterocycles. The second kappa shape index (κ2) is 5.63. The third kappa shape index (κ3) is 3.17. The van der Waals surface area contributed by atoms with Crippen LogP contribution in [-0.4, -0.2) is 9.97 Å². The maximum absolute atomic E-state index is 11.8. The van der Waals surface area contributed by atoms with Crippen LogP contribution in [0, 0.1) is 6.92 Å². The fourth-order valence-corrected chi connectivity index (χ4v) is 2.05. The molecule has 0 bridgehead atoms. The molecule has 2 N–H and O–H groups in total. The van der Waals surface area contributed by atoms with Crippen LogP contribution in [0.1, 0.15) is 5.56 Å². The van der Waals surface area contributed by atoms with Crippen molar-refractivity contribution in [3.8, 4) is 11.3 Å². The summed E-state index contributed by atoms with van der Waals surface area (Å²) in [7, 11) is 0. The van der Waals surface area contributed by atoms with E-state index >= 15 is 0 Å². The van der Waals surface area contributed by atoms with E-state index in [2.05, 4.69) is 15.3 Å². The van der Waals surface area contributed by atoms with Gasteiger partial charge in [-0.2, -0.15) is 0 Å². The molecule has 21 heavy (non-hydrogen) atoms. The number of benzene rings is 2. The molecule has 4 heteroatoms. The number of hydrogen-bond acceptors (Lipinski definition) is 3. The highest BCUT2D eigenvalue weighted by Crippen LogP contribution is 2.18. The number of rotatable bonds is 3. The van der Waals surface area contributed by atoms with Crippen molar-refractivity contribution < 1.29 is 0 Å². The summed E-state index contributed by atoms with van der Waals surface area (Å²) in [6.07, 6.45) is 0. The number of aromatic nitrogens is 2. The summed E-state index contributed by atoms with van der Waals surface area (Å²) in [6.45, 7) is 2.03. The predicted molar refractivity (Wildman–Crippen MR) is 84.8 cm³/mol. The molecule has 0 aliphatic rings. The molecule has 0 aliphatic carbocycles. The van der Waals surface area contributed by atoms with Crippen LogP contribution in [0.2, 0.25) is 0 Å². The van der Waals surface area contributed by atoms with Gasteiger partial charge in [0.25, 0.3) is 5.56 Å².